The summed E-state index contributed by atoms with van der Waals surface area (Å²) < 4.78 is 0. The van der Waals surface area contributed by atoms with Gasteiger partial charge in [0, 0.05) is 6.54 Å². The maximum Gasteiger partial charge on any atom is 0.236 e. The molecule has 18 heavy (non-hydrogen) atoms. The number of nitrogens with zero attached hydrogens (tertiary/aromatic N) is 1. The molecule has 1 saturated heterocycles. The van der Waals surface area contributed by atoms with Crippen LogP contribution < -0.4 is 11.1 Å². The molecule has 0 aromatic carbocycles. The third kappa shape index (κ3) is 5.83. The van der Waals surface area contributed by atoms with E-state index in [1.54, 1.807) is 0 Å². The first kappa shape index (κ1) is 15.4. The van der Waals surface area contributed by atoms with Crippen molar-refractivity contribution in [2.24, 2.45) is 11.7 Å². The zero-order valence-corrected chi connectivity index (χ0v) is 12.0. The van der Waals surface area contributed by atoms with E-state index >= 15 is 0 Å². The second-order valence-electron chi connectivity index (χ2n) is 5.58. The lowest BCUT2D eigenvalue weighted by atomic mass is 9.94. The number of likely N-dealkylation sites (tertiary alicyclic amines) is 1. The van der Waals surface area contributed by atoms with E-state index in [1.165, 1.54) is 25.9 Å². The lowest BCUT2D eigenvalue weighted by Crippen LogP contribution is -2.41. The Kier molecular flexibility index (Phi) is 7.28. The Morgan fingerprint density at radius 2 is 2.11 bits per heavy atom. The van der Waals surface area contributed by atoms with Crippen molar-refractivity contribution in [3.63, 3.8) is 0 Å². The molecule has 1 rings (SSSR count). The minimum absolute atomic E-state index is 0.0244. The van der Waals surface area contributed by atoms with Gasteiger partial charge in [-0.2, -0.15) is 0 Å². The summed E-state index contributed by atoms with van der Waals surface area (Å²) in [6, 6.07) is -0.317. The van der Waals surface area contributed by atoms with Crippen LogP contribution in [0.1, 0.15) is 45.4 Å². The molecule has 106 valence electrons. The smallest absolute Gasteiger partial charge is 0.236 e. The SMILES string of the molecule is CCCC[C@H](N)C(=O)NCCC1CCN(C)CC1. The minimum atomic E-state index is -0.317. The van der Waals surface area contributed by atoms with Crippen LogP contribution in [-0.2, 0) is 4.79 Å². The number of nitrogens with two attached hydrogens (primary N) is 1. The molecule has 0 aromatic rings. The molecule has 0 unspecified atom stereocenters. The zero-order chi connectivity index (χ0) is 13.4. The molecule has 0 saturated carbocycles. The van der Waals surface area contributed by atoms with Gasteiger partial charge in [0.05, 0.1) is 6.04 Å². The van der Waals surface area contributed by atoms with Gasteiger partial charge in [0.1, 0.15) is 0 Å². The standard InChI is InChI=1S/C14H29N3O/c1-3-4-5-13(15)14(18)16-9-6-12-7-10-17(2)11-8-12/h12-13H,3-11,15H2,1-2H3,(H,16,18)/t13-/m0/s1. The maximum absolute atomic E-state index is 11.7. The normalized spacial score (nSPS) is 19.7. The van der Waals surface area contributed by atoms with Gasteiger partial charge in [0.2, 0.25) is 5.91 Å². The van der Waals surface area contributed by atoms with Gasteiger partial charge in [-0.15, -0.1) is 0 Å². The van der Waals surface area contributed by atoms with E-state index in [-0.39, 0.29) is 11.9 Å². The summed E-state index contributed by atoms with van der Waals surface area (Å²) in [5.74, 6) is 0.796. The number of piperidine rings is 1. The number of nitrogens with one attached hydrogen (secondary N) is 1. The van der Waals surface area contributed by atoms with Crippen LogP contribution in [0.25, 0.3) is 0 Å². The number of carbonyl (C=O) groups excluding carboxylic acids is 1. The molecule has 0 bridgehead atoms. The van der Waals surface area contributed by atoms with Gasteiger partial charge in [-0.25, -0.2) is 0 Å². The van der Waals surface area contributed by atoms with Gasteiger partial charge in [0.25, 0.3) is 0 Å². The average Bonchev–Trinajstić information content (AvgIpc) is 2.38. The Bertz CT molecular complexity index is 237. The van der Waals surface area contributed by atoms with Crippen molar-refractivity contribution in [3.05, 3.63) is 0 Å². The van der Waals surface area contributed by atoms with Gasteiger partial charge in [-0.3, -0.25) is 4.79 Å². The predicted molar refractivity (Wildman–Crippen MR) is 75.3 cm³/mol. The van der Waals surface area contributed by atoms with Crippen LogP contribution in [0.5, 0.6) is 0 Å². The molecular formula is C14H29N3O. The molecule has 0 aliphatic carbocycles. The molecule has 3 N–H and O–H groups in total. The largest absolute Gasteiger partial charge is 0.355 e. The van der Waals surface area contributed by atoms with Crippen LogP contribution in [0.2, 0.25) is 0 Å². The second kappa shape index (κ2) is 8.48. The summed E-state index contributed by atoms with van der Waals surface area (Å²) in [6.07, 6.45) is 6.54. The van der Waals surface area contributed by atoms with Gasteiger partial charge in [0.15, 0.2) is 0 Å². The van der Waals surface area contributed by atoms with E-state index in [0.29, 0.717) is 0 Å². The van der Waals surface area contributed by atoms with Crippen LogP contribution in [-0.4, -0.2) is 43.5 Å². The van der Waals surface area contributed by atoms with Crippen LogP contribution in [0.3, 0.4) is 0 Å². The van der Waals surface area contributed by atoms with Gasteiger partial charge in [-0.1, -0.05) is 19.8 Å². The first-order valence-corrected chi connectivity index (χ1v) is 7.35. The predicted octanol–water partition coefficient (Wildman–Crippen LogP) is 1.35. The highest BCUT2D eigenvalue weighted by atomic mass is 16.2. The van der Waals surface area contributed by atoms with Gasteiger partial charge < -0.3 is 16.0 Å². The first-order valence-electron chi connectivity index (χ1n) is 7.35. The molecule has 1 aliphatic rings. The summed E-state index contributed by atoms with van der Waals surface area (Å²) in [5, 5.41) is 2.97. The number of rotatable bonds is 7. The van der Waals surface area contributed by atoms with E-state index in [2.05, 4.69) is 24.2 Å². The zero-order valence-electron chi connectivity index (χ0n) is 12.0. The van der Waals surface area contributed by atoms with Gasteiger partial charge in [-0.05, 0) is 51.7 Å². The average molecular weight is 255 g/mol. The summed E-state index contributed by atoms with van der Waals surface area (Å²) in [5.41, 5.74) is 5.82. The molecule has 0 spiro atoms. The van der Waals surface area contributed by atoms with Crippen LogP contribution in [0, 0.1) is 5.92 Å². The minimum Gasteiger partial charge on any atom is -0.355 e. The summed E-state index contributed by atoms with van der Waals surface area (Å²) in [7, 11) is 2.17. The highest BCUT2D eigenvalue weighted by Crippen LogP contribution is 2.18. The van der Waals surface area contributed by atoms with Crippen molar-refractivity contribution in [1.82, 2.24) is 10.2 Å². The van der Waals surface area contributed by atoms with Crippen molar-refractivity contribution in [2.45, 2.75) is 51.5 Å². The number of carbonyl (C=O) groups is 1. The van der Waals surface area contributed by atoms with Gasteiger partial charge >= 0.3 is 0 Å². The molecule has 0 aromatic heterocycles. The fourth-order valence-corrected chi connectivity index (χ4v) is 2.44. The van der Waals surface area contributed by atoms with E-state index in [0.717, 1.165) is 38.1 Å². The highest BCUT2D eigenvalue weighted by Gasteiger charge is 2.17. The number of hydrogen-bond donors (Lipinski definition) is 2. The van der Waals surface area contributed by atoms with E-state index in [4.69, 9.17) is 5.73 Å². The van der Waals surface area contributed by atoms with Crippen molar-refractivity contribution < 1.29 is 4.79 Å². The number of unbranched alkanes of at least 4 members (excludes halogenated alkanes) is 1. The molecule has 4 nitrogen and oxygen atoms in total. The Labute approximate surface area is 111 Å². The van der Waals surface area contributed by atoms with Crippen molar-refractivity contribution in [1.29, 1.82) is 0 Å². The van der Waals surface area contributed by atoms with Crippen molar-refractivity contribution >= 4 is 5.91 Å². The van der Waals surface area contributed by atoms with Crippen LogP contribution in [0.4, 0.5) is 0 Å². The first-order chi connectivity index (χ1) is 8.63. The third-order valence-electron chi connectivity index (χ3n) is 3.90. The van der Waals surface area contributed by atoms with Crippen LogP contribution in [0.15, 0.2) is 0 Å². The molecule has 1 amide bonds. The Balaban J connectivity index is 2.08. The Morgan fingerprint density at radius 1 is 1.44 bits per heavy atom. The van der Waals surface area contributed by atoms with Crippen LogP contribution >= 0.6 is 0 Å². The summed E-state index contributed by atoms with van der Waals surface area (Å²) >= 11 is 0. The topological polar surface area (TPSA) is 58.4 Å². The van der Waals surface area contributed by atoms with Crippen molar-refractivity contribution in [2.75, 3.05) is 26.7 Å². The molecular weight excluding hydrogens is 226 g/mol. The third-order valence-corrected chi connectivity index (χ3v) is 3.90. The monoisotopic (exact) mass is 255 g/mol. The molecule has 1 fully saturated rings. The highest BCUT2D eigenvalue weighted by molar-refractivity contribution is 5.81. The van der Waals surface area contributed by atoms with Crippen molar-refractivity contribution in [3.8, 4) is 0 Å². The van der Waals surface area contributed by atoms with E-state index in [1.807, 2.05) is 0 Å². The molecule has 0 radical (unpaired) electrons. The summed E-state index contributed by atoms with van der Waals surface area (Å²) in [6.45, 7) is 5.28. The van der Waals surface area contributed by atoms with E-state index in [9.17, 15) is 4.79 Å². The molecule has 4 heteroatoms. The second-order valence-corrected chi connectivity index (χ2v) is 5.58. The molecule has 1 aliphatic heterocycles. The number of hydrogen-bond acceptors (Lipinski definition) is 3. The lowest BCUT2D eigenvalue weighted by Gasteiger charge is -2.29. The fraction of sp³-hybridized carbons (Fsp3) is 0.929. The maximum atomic E-state index is 11.7. The Morgan fingerprint density at radius 3 is 2.72 bits per heavy atom. The summed E-state index contributed by atoms with van der Waals surface area (Å²) in [4.78, 5) is 14.1. The lowest BCUT2D eigenvalue weighted by molar-refractivity contribution is -0.122. The number of amides is 1. The molecule has 1 heterocycles. The Hall–Kier alpha value is -0.610. The van der Waals surface area contributed by atoms with E-state index < -0.39 is 0 Å². The fourth-order valence-electron chi connectivity index (χ4n) is 2.44. The quantitative estimate of drug-likeness (QED) is 0.722. The molecule has 1 atom stereocenters.